The average Bonchev–Trinajstić information content (AvgIpc) is 2.46. The summed E-state index contributed by atoms with van der Waals surface area (Å²) in [5.74, 6) is -0.423. The van der Waals surface area contributed by atoms with Crippen molar-refractivity contribution in [3.63, 3.8) is 0 Å². The van der Waals surface area contributed by atoms with Gasteiger partial charge >= 0.3 is 0 Å². The quantitative estimate of drug-likeness (QED) is 0.621. The number of aryl methyl sites for hydroxylation is 1. The molecule has 0 saturated carbocycles. The minimum Gasteiger partial charge on any atom is -0.376 e. The molecule has 120 valence electrons. The summed E-state index contributed by atoms with van der Waals surface area (Å²) < 4.78 is 0. The lowest BCUT2D eigenvalue weighted by atomic mass is 10.2. The van der Waals surface area contributed by atoms with Crippen molar-refractivity contribution in [1.82, 2.24) is 0 Å². The van der Waals surface area contributed by atoms with Gasteiger partial charge in [-0.05, 0) is 36.8 Å². The van der Waals surface area contributed by atoms with Crippen molar-refractivity contribution in [3.8, 4) is 0 Å². The van der Waals surface area contributed by atoms with E-state index in [-0.39, 0.29) is 17.9 Å². The Morgan fingerprint density at radius 1 is 1.17 bits per heavy atom. The maximum atomic E-state index is 12.0. The Morgan fingerprint density at radius 3 is 2.43 bits per heavy atom. The Balaban J connectivity index is 2.04. The lowest BCUT2D eigenvalue weighted by molar-refractivity contribution is -0.384. The number of amides is 1. The van der Waals surface area contributed by atoms with Crippen molar-refractivity contribution in [2.75, 3.05) is 17.2 Å². The number of hydrogen-bond acceptors (Lipinski definition) is 4. The third kappa shape index (κ3) is 4.84. The van der Waals surface area contributed by atoms with Crippen LogP contribution in [0.5, 0.6) is 0 Å². The van der Waals surface area contributed by atoms with Crippen molar-refractivity contribution in [2.45, 2.75) is 6.92 Å². The maximum Gasteiger partial charge on any atom is 0.293 e. The van der Waals surface area contributed by atoms with Gasteiger partial charge in [0.25, 0.3) is 5.69 Å². The summed E-state index contributed by atoms with van der Waals surface area (Å²) in [6.45, 7) is 1.66. The largest absolute Gasteiger partial charge is 0.376 e. The van der Waals surface area contributed by atoms with E-state index in [2.05, 4.69) is 10.6 Å². The molecule has 0 aliphatic carbocycles. The van der Waals surface area contributed by atoms with Gasteiger partial charge in [0.1, 0.15) is 5.69 Å². The van der Waals surface area contributed by atoms with Gasteiger partial charge in [0, 0.05) is 21.8 Å². The average molecular weight is 354 g/mol. The van der Waals surface area contributed by atoms with E-state index < -0.39 is 10.8 Å². The standard InChI is InChI=1S/C15H13Cl2N3O3/c1-9-2-3-13(14(4-9)20(22)23)19-15(21)8-18-12-6-10(16)5-11(17)7-12/h2-7,18H,8H2,1H3,(H,19,21). The van der Waals surface area contributed by atoms with Gasteiger partial charge in [-0.2, -0.15) is 0 Å². The normalized spacial score (nSPS) is 10.2. The molecular weight excluding hydrogens is 341 g/mol. The zero-order chi connectivity index (χ0) is 17.0. The Bertz CT molecular complexity index is 745. The Labute approximate surface area is 142 Å². The number of rotatable bonds is 5. The van der Waals surface area contributed by atoms with Gasteiger partial charge in [0.15, 0.2) is 0 Å². The molecule has 0 aliphatic heterocycles. The fourth-order valence-electron chi connectivity index (χ4n) is 1.93. The SMILES string of the molecule is Cc1ccc(NC(=O)CNc2cc(Cl)cc(Cl)c2)c([N+](=O)[O-])c1. The van der Waals surface area contributed by atoms with Crippen molar-refractivity contribution < 1.29 is 9.72 Å². The van der Waals surface area contributed by atoms with E-state index in [1.54, 1.807) is 31.2 Å². The number of nitrogens with zero attached hydrogens (tertiary/aromatic N) is 1. The number of anilines is 2. The third-order valence-electron chi connectivity index (χ3n) is 2.94. The second kappa shape index (κ2) is 7.30. The van der Waals surface area contributed by atoms with Gasteiger partial charge < -0.3 is 10.6 Å². The first-order valence-corrected chi connectivity index (χ1v) is 7.35. The van der Waals surface area contributed by atoms with Crippen molar-refractivity contribution in [1.29, 1.82) is 0 Å². The van der Waals surface area contributed by atoms with E-state index in [1.807, 2.05) is 0 Å². The van der Waals surface area contributed by atoms with Gasteiger partial charge in [-0.1, -0.05) is 29.3 Å². The van der Waals surface area contributed by atoms with Crippen LogP contribution in [0.25, 0.3) is 0 Å². The van der Waals surface area contributed by atoms with Crippen LogP contribution in [0.1, 0.15) is 5.56 Å². The molecule has 2 aromatic carbocycles. The van der Waals surface area contributed by atoms with Crippen molar-refractivity contribution in [2.24, 2.45) is 0 Å². The summed E-state index contributed by atoms with van der Waals surface area (Å²) >= 11 is 11.7. The predicted octanol–water partition coefficient (Wildman–Crippen LogP) is 4.26. The molecule has 0 saturated heterocycles. The number of carbonyl (C=O) groups excluding carboxylic acids is 1. The number of nitro groups is 1. The van der Waals surface area contributed by atoms with E-state index >= 15 is 0 Å². The lowest BCUT2D eigenvalue weighted by Crippen LogP contribution is -2.22. The molecule has 0 atom stereocenters. The number of nitro benzene ring substituents is 1. The monoisotopic (exact) mass is 353 g/mol. The summed E-state index contributed by atoms with van der Waals surface area (Å²) in [7, 11) is 0. The molecule has 8 heteroatoms. The topological polar surface area (TPSA) is 84.3 Å². The highest BCUT2D eigenvalue weighted by Crippen LogP contribution is 2.25. The van der Waals surface area contributed by atoms with Crippen molar-refractivity contribution in [3.05, 3.63) is 62.1 Å². The van der Waals surface area contributed by atoms with Crippen LogP contribution in [0.2, 0.25) is 10.0 Å². The van der Waals surface area contributed by atoms with Gasteiger partial charge in [0.05, 0.1) is 11.5 Å². The fourth-order valence-corrected chi connectivity index (χ4v) is 2.46. The molecule has 0 fully saturated rings. The zero-order valence-electron chi connectivity index (χ0n) is 12.1. The molecule has 2 rings (SSSR count). The molecule has 0 aliphatic rings. The first-order chi connectivity index (χ1) is 10.8. The number of nitrogens with one attached hydrogen (secondary N) is 2. The van der Waals surface area contributed by atoms with Crippen LogP contribution in [0.15, 0.2) is 36.4 Å². The van der Waals surface area contributed by atoms with Crippen LogP contribution in [0.4, 0.5) is 17.1 Å². The van der Waals surface area contributed by atoms with Crippen molar-refractivity contribution >= 4 is 46.2 Å². The van der Waals surface area contributed by atoms with Gasteiger partial charge in [-0.15, -0.1) is 0 Å². The second-order valence-corrected chi connectivity index (χ2v) is 5.71. The van der Waals surface area contributed by atoms with Gasteiger partial charge in [-0.25, -0.2) is 0 Å². The molecule has 6 nitrogen and oxygen atoms in total. The highest BCUT2D eigenvalue weighted by molar-refractivity contribution is 6.35. The molecule has 1 amide bonds. The molecule has 0 bridgehead atoms. The van der Waals surface area contributed by atoms with E-state index in [9.17, 15) is 14.9 Å². The molecule has 2 N–H and O–H groups in total. The summed E-state index contributed by atoms with van der Waals surface area (Å²) in [5, 5.41) is 17.3. The Morgan fingerprint density at radius 2 is 1.83 bits per heavy atom. The maximum absolute atomic E-state index is 12.0. The number of benzene rings is 2. The van der Waals surface area contributed by atoms with E-state index in [4.69, 9.17) is 23.2 Å². The molecule has 23 heavy (non-hydrogen) atoms. The first-order valence-electron chi connectivity index (χ1n) is 6.60. The summed E-state index contributed by atoms with van der Waals surface area (Å²) in [6.07, 6.45) is 0. The minimum atomic E-state index is -0.535. The van der Waals surface area contributed by atoms with Crippen LogP contribution < -0.4 is 10.6 Å². The Hall–Kier alpha value is -2.31. The van der Waals surface area contributed by atoms with Crippen LogP contribution in [-0.4, -0.2) is 17.4 Å². The number of halogens is 2. The van der Waals surface area contributed by atoms with Crippen LogP contribution >= 0.6 is 23.2 Å². The van der Waals surface area contributed by atoms with Crippen LogP contribution in [0, 0.1) is 17.0 Å². The van der Waals surface area contributed by atoms with Gasteiger partial charge in [0.2, 0.25) is 5.91 Å². The molecule has 0 heterocycles. The predicted molar refractivity (Wildman–Crippen MR) is 91.4 cm³/mol. The highest BCUT2D eigenvalue weighted by atomic mass is 35.5. The Kier molecular flexibility index (Phi) is 5.41. The molecule has 2 aromatic rings. The van der Waals surface area contributed by atoms with Crippen LogP contribution in [-0.2, 0) is 4.79 Å². The molecule has 0 unspecified atom stereocenters. The molecule has 0 aromatic heterocycles. The summed E-state index contributed by atoms with van der Waals surface area (Å²) in [5.41, 5.74) is 1.32. The van der Waals surface area contributed by atoms with E-state index in [0.29, 0.717) is 15.7 Å². The minimum absolute atomic E-state index is 0.0816. The number of hydrogen-bond donors (Lipinski definition) is 2. The van der Waals surface area contributed by atoms with Gasteiger partial charge in [-0.3, -0.25) is 14.9 Å². The molecule has 0 radical (unpaired) electrons. The number of carbonyl (C=O) groups is 1. The smallest absolute Gasteiger partial charge is 0.293 e. The van der Waals surface area contributed by atoms with E-state index in [0.717, 1.165) is 5.56 Å². The fraction of sp³-hybridized carbons (Fsp3) is 0.133. The third-order valence-corrected chi connectivity index (χ3v) is 3.38. The summed E-state index contributed by atoms with van der Waals surface area (Å²) in [4.78, 5) is 22.4. The highest BCUT2D eigenvalue weighted by Gasteiger charge is 2.15. The molecule has 0 spiro atoms. The summed E-state index contributed by atoms with van der Waals surface area (Å²) in [6, 6.07) is 9.41. The molecular formula is C15H13Cl2N3O3. The van der Waals surface area contributed by atoms with E-state index in [1.165, 1.54) is 12.1 Å². The zero-order valence-corrected chi connectivity index (χ0v) is 13.6. The van der Waals surface area contributed by atoms with Crippen LogP contribution in [0.3, 0.4) is 0 Å². The second-order valence-electron chi connectivity index (χ2n) is 4.84. The first kappa shape index (κ1) is 17.1. The lowest BCUT2D eigenvalue weighted by Gasteiger charge is -2.09.